The molecule has 72 valence electrons. The van der Waals surface area contributed by atoms with E-state index in [1.165, 1.54) is 12.1 Å². The maximum absolute atomic E-state index is 13.0. The SMILES string of the molecule is C=CCOc1cc(C)c(F)cc1C#N. The van der Waals surface area contributed by atoms with Crippen LogP contribution in [0, 0.1) is 24.1 Å². The third-order valence-corrected chi connectivity index (χ3v) is 1.74. The molecule has 0 atom stereocenters. The van der Waals surface area contributed by atoms with Crippen molar-refractivity contribution in [1.82, 2.24) is 0 Å². The summed E-state index contributed by atoms with van der Waals surface area (Å²) in [5.74, 6) is -0.00111. The van der Waals surface area contributed by atoms with Crippen molar-refractivity contribution in [1.29, 1.82) is 5.26 Å². The molecule has 0 bridgehead atoms. The summed E-state index contributed by atoms with van der Waals surface area (Å²) in [5, 5.41) is 8.71. The molecule has 0 heterocycles. The maximum atomic E-state index is 13.0. The van der Waals surface area contributed by atoms with Crippen molar-refractivity contribution in [3.63, 3.8) is 0 Å². The van der Waals surface area contributed by atoms with Gasteiger partial charge < -0.3 is 4.74 Å². The molecule has 0 aliphatic carbocycles. The topological polar surface area (TPSA) is 33.0 Å². The molecule has 0 saturated heterocycles. The van der Waals surface area contributed by atoms with Crippen LogP contribution in [0.25, 0.3) is 0 Å². The number of hydrogen-bond acceptors (Lipinski definition) is 2. The van der Waals surface area contributed by atoms with E-state index in [1.54, 1.807) is 13.0 Å². The molecule has 0 aliphatic heterocycles. The van der Waals surface area contributed by atoms with Gasteiger partial charge in [-0.2, -0.15) is 5.26 Å². The average Bonchev–Trinajstić information content (AvgIpc) is 2.19. The van der Waals surface area contributed by atoms with Crippen molar-refractivity contribution in [3.05, 3.63) is 41.7 Å². The van der Waals surface area contributed by atoms with Gasteiger partial charge in [0.15, 0.2) is 0 Å². The van der Waals surface area contributed by atoms with E-state index >= 15 is 0 Å². The largest absolute Gasteiger partial charge is 0.488 e. The molecule has 0 radical (unpaired) electrons. The molecule has 1 aromatic carbocycles. The standard InChI is InChI=1S/C11H10FNO/c1-3-4-14-11-5-8(2)10(12)6-9(11)7-13/h3,5-6H,1,4H2,2H3. The molecule has 0 aromatic heterocycles. The van der Waals surface area contributed by atoms with Gasteiger partial charge >= 0.3 is 0 Å². The highest BCUT2D eigenvalue weighted by molar-refractivity contribution is 5.45. The van der Waals surface area contributed by atoms with Crippen LogP contribution in [-0.2, 0) is 0 Å². The minimum absolute atomic E-state index is 0.204. The van der Waals surface area contributed by atoms with Crippen molar-refractivity contribution in [2.24, 2.45) is 0 Å². The van der Waals surface area contributed by atoms with E-state index < -0.39 is 5.82 Å². The smallest absolute Gasteiger partial charge is 0.138 e. The van der Waals surface area contributed by atoms with Crippen LogP contribution in [0.1, 0.15) is 11.1 Å². The monoisotopic (exact) mass is 191 g/mol. The van der Waals surface area contributed by atoms with Crippen LogP contribution >= 0.6 is 0 Å². The van der Waals surface area contributed by atoms with Crippen molar-refractivity contribution >= 4 is 0 Å². The molecule has 1 aromatic rings. The fraction of sp³-hybridized carbons (Fsp3) is 0.182. The zero-order chi connectivity index (χ0) is 10.6. The summed E-state index contributed by atoms with van der Waals surface area (Å²) in [4.78, 5) is 0. The fourth-order valence-electron chi connectivity index (χ4n) is 1.01. The van der Waals surface area contributed by atoms with E-state index in [9.17, 15) is 4.39 Å². The van der Waals surface area contributed by atoms with Gasteiger partial charge in [-0.25, -0.2) is 4.39 Å². The maximum Gasteiger partial charge on any atom is 0.138 e. The molecular weight excluding hydrogens is 181 g/mol. The van der Waals surface area contributed by atoms with Crippen LogP contribution in [0.2, 0.25) is 0 Å². The summed E-state index contributed by atoms with van der Waals surface area (Å²) in [5.41, 5.74) is 0.665. The second-order valence-electron chi connectivity index (χ2n) is 2.81. The Hall–Kier alpha value is -1.82. The summed E-state index contributed by atoms with van der Waals surface area (Å²) < 4.78 is 18.2. The van der Waals surface area contributed by atoms with Gasteiger partial charge in [0.2, 0.25) is 0 Å². The Morgan fingerprint density at radius 3 is 2.93 bits per heavy atom. The zero-order valence-corrected chi connectivity index (χ0v) is 7.88. The highest BCUT2D eigenvalue weighted by Crippen LogP contribution is 2.21. The lowest BCUT2D eigenvalue weighted by Gasteiger charge is -2.06. The molecule has 14 heavy (non-hydrogen) atoms. The van der Waals surface area contributed by atoms with Gasteiger partial charge in [0, 0.05) is 0 Å². The van der Waals surface area contributed by atoms with Gasteiger partial charge in [-0.15, -0.1) is 0 Å². The number of nitrogens with zero attached hydrogens (tertiary/aromatic N) is 1. The molecule has 0 saturated carbocycles. The van der Waals surface area contributed by atoms with Crippen molar-refractivity contribution in [2.75, 3.05) is 6.61 Å². The minimum Gasteiger partial charge on any atom is -0.488 e. The Morgan fingerprint density at radius 1 is 1.64 bits per heavy atom. The first kappa shape index (κ1) is 10.3. The molecule has 1 rings (SSSR count). The van der Waals surface area contributed by atoms with E-state index in [0.29, 0.717) is 17.9 Å². The van der Waals surface area contributed by atoms with Gasteiger partial charge in [0.05, 0.1) is 5.56 Å². The number of ether oxygens (including phenoxy) is 1. The number of hydrogen-bond donors (Lipinski definition) is 0. The number of aryl methyl sites for hydroxylation is 1. The van der Waals surface area contributed by atoms with Crippen LogP contribution in [0.5, 0.6) is 5.75 Å². The van der Waals surface area contributed by atoms with Gasteiger partial charge in [0.1, 0.15) is 24.2 Å². The molecule has 0 aliphatic rings. The Balaban J connectivity index is 3.08. The molecule has 0 spiro atoms. The summed E-state index contributed by atoms with van der Waals surface area (Å²) in [6.07, 6.45) is 1.57. The second kappa shape index (κ2) is 4.43. The van der Waals surface area contributed by atoms with E-state index in [-0.39, 0.29) is 5.56 Å². The number of benzene rings is 1. The lowest BCUT2D eigenvalue weighted by Crippen LogP contribution is -1.97. The summed E-state index contributed by atoms with van der Waals surface area (Å²) >= 11 is 0. The number of rotatable bonds is 3. The van der Waals surface area contributed by atoms with E-state index in [2.05, 4.69) is 6.58 Å². The first-order valence-corrected chi connectivity index (χ1v) is 4.13. The summed E-state index contributed by atoms with van der Waals surface area (Å²) in [7, 11) is 0. The normalized spacial score (nSPS) is 9.21. The van der Waals surface area contributed by atoms with Crippen LogP contribution < -0.4 is 4.74 Å². The summed E-state index contributed by atoms with van der Waals surface area (Å²) in [6.45, 7) is 5.42. The fourth-order valence-corrected chi connectivity index (χ4v) is 1.01. The van der Waals surface area contributed by atoms with Crippen LogP contribution in [0.4, 0.5) is 4.39 Å². The highest BCUT2D eigenvalue weighted by atomic mass is 19.1. The van der Waals surface area contributed by atoms with Crippen molar-refractivity contribution in [2.45, 2.75) is 6.92 Å². The molecule has 0 amide bonds. The quantitative estimate of drug-likeness (QED) is 0.688. The van der Waals surface area contributed by atoms with Gasteiger partial charge in [-0.1, -0.05) is 12.7 Å². The predicted octanol–water partition coefficient (Wildman–Crippen LogP) is 2.57. The van der Waals surface area contributed by atoms with Crippen molar-refractivity contribution < 1.29 is 9.13 Å². The molecule has 0 N–H and O–H groups in total. The van der Waals surface area contributed by atoms with Crippen molar-refractivity contribution in [3.8, 4) is 11.8 Å². The van der Waals surface area contributed by atoms with Crippen LogP contribution in [0.15, 0.2) is 24.8 Å². The molecule has 2 nitrogen and oxygen atoms in total. The molecule has 3 heteroatoms. The average molecular weight is 191 g/mol. The van der Waals surface area contributed by atoms with Gasteiger partial charge in [0.25, 0.3) is 0 Å². The number of nitriles is 1. The Morgan fingerprint density at radius 2 is 2.36 bits per heavy atom. The molecule has 0 fully saturated rings. The summed E-state index contributed by atoms with van der Waals surface area (Å²) in [6, 6.07) is 4.56. The van der Waals surface area contributed by atoms with Gasteiger partial charge in [-0.05, 0) is 24.6 Å². The lowest BCUT2D eigenvalue weighted by atomic mass is 10.1. The van der Waals surface area contributed by atoms with Crippen LogP contribution in [-0.4, -0.2) is 6.61 Å². The zero-order valence-electron chi connectivity index (χ0n) is 7.88. The first-order chi connectivity index (χ1) is 6.69. The molecule has 0 unspecified atom stereocenters. The predicted molar refractivity (Wildman–Crippen MR) is 51.5 cm³/mol. The third-order valence-electron chi connectivity index (χ3n) is 1.74. The van der Waals surface area contributed by atoms with E-state index in [1.807, 2.05) is 6.07 Å². The van der Waals surface area contributed by atoms with Crippen LogP contribution in [0.3, 0.4) is 0 Å². The Kier molecular flexibility index (Phi) is 3.24. The van der Waals surface area contributed by atoms with E-state index in [4.69, 9.17) is 10.00 Å². The second-order valence-corrected chi connectivity index (χ2v) is 2.81. The number of halogens is 1. The first-order valence-electron chi connectivity index (χ1n) is 4.13. The third kappa shape index (κ3) is 2.11. The Labute approximate surface area is 82.2 Å². The highest BCUT2D eigenvalue weighted by Gasteiger charge is 2.07. The lowest BCUT2D eigenvalue weighted by molar-refractivity contribution is 0.361. The minimum atomic E-state index is -0.396. The van der Waals surface area contributed by atoms with E-state index in [0.717, 1.165) is 0 Å². The van der Waals surface area contributed by atoms with Gasteiger partial charge in [-0.3, -0.25) is 0 Å². The Bertz CT molecular complexity index is 393. The molecular formula is C11H10FNO.